The Morgan fingerprint density at radius 2 is 2.00 bits per heavy atom. The van der Waals surface area contributed by atoms with E-state index in [0.29, 0.717) is 22.6 Å². The van der Waals surface area contributed by atoms with Gasteiger partial charge in [-0.2, -0.15) is 5.26 Å². The molecule has 3 N–H and O–H groups in total. The molecule has 132 valence electrons. The van der Waals surface area contributed by atoms with Gasteiger partial charge in [0.2, 0.25) is 0 Å². The smallest absolute Gasteiger partial charge is 0.187 e. The number of nitrogen functional groups attached to an aromatic ring is 1. The fourth-order valence-corrected chi connectivity index (χ4v) is 3.20. The van der Waals surface area contributed by atoms with Crippen LogP contribution in [0.3, 0.4) is 0 Å². The van der Waals surface area contributed by atoms with Gasteiger partial charge >= 0.3 is 0 Å². The Morgan fingerprint density at radius 3 is 2.62 bits per heavy atom. The first-order valence-corrected chi connectivity index (χ1v) is 8.34. The molecule has 1 aliphatic heterocycles. The van der Waals surface area contributed by atoms with E-state index >= 15 is 0 Å². The van der Waals surface area contributed by atoms with Crippen LogP contribution in [0.5, 0.6) is 5.75 Å². The lowest BCUT2D eigenvalue weighted by molar-refractivity contribution is 0.104. The third-order valence-electron chi connectivity index (χ3n) is 4.43. The highest BCUT2D eigenvalue weighted by molar-refractivity contribution is 6.08. The number of carbonyl (C=O) groups is 1. The van der Waals surface area contributed by atoms with Crippen LogP contribution in [-0.2, 0) is 6.42 Å². The third-order valence-corrected chi connectivity index (χ3v) is 4.43. The summed E-state index contributed by atoms with van der Waals surface area (Å²) in [5, 5.41) is 12.3. The summed E-state index contributed by atoms with van der Waals surface area (Å²) in [5.74, 6) is 0.509. The fraction of sp³-hybridized carbons (Fsp3) is 0.238. The Labute approximate surface area is 153 Å². The molecule has 0 amide bonds. The average molecular weight is 347 g/mol. The predicted molar refractivity (Wildman–Crippen MR) is 102 cm³/mol. The van der Waals surface area contributed by atoms with Crippen molar-refractivity contribution in [3.63, 3.8) is 0 Å². The number of hydrogen-bond acceptors (Lipinski definition) is 5. The van der Waals surface area contributed by atoms with E-state index < -0.39 is 0 Å². The first-order valence-electron chi connectivity index (χ1n) is 8.34. The molecule has 5 heteroatoms. The number of nitrogens with zero attached hydrogens (tertiary/aromatic N) is 1. The third kappa shape index (κ3) is 3.40. The summed E-state index contributed by atoms with van der Waals surface area (Å²) in [4.78, 5) is 12.7. The van der Waals surface area contributed by atoms with E-state index in [4.69, 9.17) is 15.7 Å². The van der Waals surface area contributed by atoms with E-state index in [1.807, 2.05) is 12.1 Å². The molecule has 0 atom stereocenters. The summed E-state index contributed by atoms with van der Waals surface area (Å²) in [5.41, 5.74) is 10.2. The number of anilines is 1. The minimum atomic E-state index is -0.203. The molecule has 0 spiro atoms. The van der Waals surface area contributed by atoms with Crippen molar-refractivity contribution in [1.29, 1.82) is 5.26 Å². The second-order valence-electron chi connectivity index (χ2n) is 7.05. The van der Waals surface area contributed by atoms with Crippen molar-refractivity contribution in [2.45, 2.75) is 25.8 Å². The Balaban J connectivity index is 2.04. The molecule has 0 saturated carbocycles. The lowest BCUT2D eigenvalue weighted by Gasteiger charge is -2.36. The number of ketones is 1. The van der Waals surface area contributed by atoms with Gasteiger partial charge in [0.25, 0.3) is 0 Å². The van der Waals surface area contributed by atoms with Crippen LogP contribution in [-0.4, -0.2) is 18.4 Å². The van der Waals surface area contributed by atoms with Crippen LogP contribution in [0.1, 0.15) is 40.9 Å². The molecule has 0 saturated heterocycles. The summed E-state index contributed by atoms with van der Waals surface area (Å²) < 4.78 is 5.33. The van der Waals surface area contributed by atoms with Crippen LogP contribution in [0, 0.1) is 11.3 Å². The average Bonchev–Trinajstić information content (AvgIpc) is 2.61. The highest BCUT2D eigenvalue weighted by Crippen LogP contribution is 2.35. The highest BCUT2D eigenvalue weighted by atomic mass is 16.5. The second kappa shape index (κ2) is 6.57. The number of ether oxygens (including phenoxy) is 1. The number of nitrogens with one attached hydrogen (secondary N) is 1. The van der Waals surface area contributed by atoms with Gasteiger partial charge in [0.15, 0.2) is 5.78 Å². The van der Waals surface area contributed by atoms with Crippen LogP contribution in [0.4, 0.5) is 5.69 Å². The quantitative estimate of drug-likeness (QED) is 0.505. The molecule has 0 bridgehead atoms. The SMILES string of the molecule is COc1cc2c(cc1N)C(=CC(=O)c1ccc(C#N)cc1)NC(C)(C)C2. The van der Waals surface area contributed by atoms with Crippen molar-refractivity contribution in [2.24, 2.45) is 0 Å². The Morgan fingerprint density at radius 1 is 1.31 bits per heavy atom. The molecule has 2 aromatic rings. The molecule has 0 unspecified atom stereocenters. The molecule has 0 aliphatic carbocycles. The Hall–Kier alpha value is -3.26. The molecule has 1 aliphatic rings. The molecule has 2 aromatic carbocycles. The Kier molecular flexibility index (Phi) is 4.43. The van der Waals surface area contributed by atoms with Gasteiger partial charge in [-0.1, -0.05) is 0 Å². The van der Waals surface area contributed by atoms with E-state index in [2.05, 4.69) is 25.2 Å². The minimum Gasteiger partial charge on any atom is -0.495 e. The van der Waals surface area contributed by atoms with Gasteiger partial charge in [-0.05, 0) is 62.2 Å². The molecular weight excluding hydrogens is 326 g/mol. The van der Waals surface area contributed by atoms with E-state index in [1.54, 1.807) is 37.5 Å². The van der Waals surface area contributed by atoms with Gasteiger partial charge in [-0.25, -0.2) is 0 Å². The topological polar surface area (TPSA) is 88.1 Å². The van der Waals surface area contributed by atoms with E-state index in [9.17, 15) is 4.79 Å². The van der Waals surface area contributed by atoms with Crippen LogP contribution < -0.4 is 15.8 Å². The fourth-order valence-electron chi connectivity index (χ4n) is 3.20. The summed E-state index contributed by atoms with van der Waals surface area (Å²) in [7, 11) is 1.59. The van der Waals surface area contributed by atoms with Gasteiger partial charge < -0.3 is 15.8 Å². The van der Waals surface area contributed by atoms with E-state index in [-0.39, 0.29) is 11.3 Å². The standard InChI is InChI=1S/C21H21N3O2/c1-21(2)11-15-8-20(26-3)17(23)9-16(15)18(24-21)10-19(25)14-6-4-13(12-22)5-7-14/h4-10,24H,11,23H2,1-3H3. The highest BCUT2D eigenvalue weighted by Gasteiger charge is 2.29. The number of benzene rings is 2. The van der Waals surface area contributed by atoms with Gasteiger partial charge in [0.05, 0.1) is 24.4 Å². The lowest BCUT2D eigenvalue weighted by atomic mass is 9.85. The molecule has 5 nitrogen and oxygen atoms in total. The van der Waals surface area contributed by atoms with Gasteiger partial charge in [0.1, 0.15) is 5.75 Å². The first-order chi connectivity index (χ1) is 12.3. The van der Waals surface area contributed by atoms with Crippen molar-refractivity contribution in [2.75, 3.05) is 12.8 Å². The summed E-state index contributed by atoms with van der Waals surface area (Å²) >= 11 is 0. The number of carbonyl (C=O) groups excluding carboxylic acids is 1. The molecule has 0 aromatic heterocycles. The second-order valence-corrected chi connectivity index (χ2v) is 7.05. The number of allylic oxidation sites excluding steroid dienone is 1. The summed E-state index contributed by atoms with van der Waals surface area (Å²) in [6.45, 7) is 4.16. The van der Waals surface area contributed by atoms with Crippen LogP contribution in [0.2, 0.25) is 0 Å². The van der Waals surface area contributed by atoms with Crippen molar-refractivity contribution in [3.05, 3.63) is 64.7 Å². The maximum atomic E-state index is 12.7. The lowest BCUT2D eigenvalue weighted by Crippen LogP contribution is -2.43. The largest absolute Gasteiger partial charge is 0.495 e. The number of nitrogens with two attached hydrogens (primary N) is 1. The van der Waals surface area contributed by atoms with Crippen LogP contribution in [0.25, 0.3) is 5.70 Å². The zero-order valence-electron chi connectivity index (χ0n) is 15.1. The zero-order chi connectivity index (χ0) is 18.9. The van der Waals surface area contributed by atoms with Gasteiger partial charge in [-0.15, -0.1) is 0 Å². The van der Waals surface area contributed by atoms with Gasteiger partial charge in [0, 0.05) is 28.4 Å². The maximum absolute atomic E-state index is 12.7. The van der Waals surface area contributed by atoms with Crippen molar-refractivity contribution in [3.8, 4) is 11.8 Å². The van der Waals surface area contributed by atoms with Crippen molar-refractivity contribution >= 4 is 17.2 Å². The van der Waals surface area contributed by atoms with Crippen LogP contribution >= 0.6 is 0 Å². The number of rotatable bonds is 3. The Bertz CT molecular complexity index is 935. The number of methoxy groups -OCH3 is 1. The number of fused-ring (bicyclic) bond motifs is 1. The molecule has 0 radical (unpaired) electrons. The minimum absolute atomic E-state index is 0.130. The van der Waals surface area contributed by atoms with Crippen LogP contribution in [0.15, 0.2) is 42.5 Å². The van der Waals surface area contributed by atoms with Crippen molar-refractivity contribution in [1.82, 2.24) is 5.32 Å². The van der Waals surface area contributed by atoms with Crippen molar-refractivity contribution < 1.29 is 9.53 Å². The number of hydrogen-bond donors (Lipinski definition) is 2. The molecule has 3 rings (SSSR count). The summed E-state index contributed by atoms with van der Waals surface area (Å²) in [6, 6.07) is 12.4. The number of nitriles is 1. The summed E-state index contributed by atoms with van der Waals surface area (Å²) in [6.07, 6.45) is 2.38. The van der Waals surface area contributed by atoms with Gasteiger partial charge in [-0.3, -0.25) is 4.79 Å². The molecule has 26 heavy (non-hydrogen) atoms. The zero-order valence-corrected chi connectivity index (χ0v) is 15.1. The normalized spacial score (nSPS) is 16.3. The molecule has 1 heterocycles. The molecular formula is C21H21N3O2. The molecule has 0 fully saturated rings. The maximum Gasteiger partial charge on any atom is 0.187 e. The van der Waals surface area contributed by atoms with E-state index in [1.165, 1.54) is 0 Å². The van der Waals surface area contributed by atoms with E-state index in [0.717, 1.165) is 23.2 Å². The monoisotopic (exact) mass is 347 g/mol. The predicted octanol–water partition coefficient (Wildman–Crippen LogP) is 3.30. The first kappa shape index (κ1) is 17.6.